The molecule has 1 atom stereocenters. The number of rotatable bonds is 5. The van der Waals surface area contributed by atoms with Crippen LogP contribution in [-0.4, -0.2) is 29.0 Å². The monoisotopic (exact) mass is 355 g/mol. The summed E-state index contributed by atoms with van der Waals surface area (Å²) in [6.07, 6.45) is 1.80. The zero-order chi connectivity index (χ0) is 18.5. The Hall–Kier alpha value is -3.09. The van der Waals surface area contributed by atoms with Crippen LogP contribution in [-0.2, 0) is 0 Å². The number of nitrogens with zero attached hydrogens (tertiary/aromatic N) is 2. The fraction of sp³-hybridized carbons (Fsp3) is 0.316. The number of likely N-dealkylation sites (tertiary alicyclic amines) is 1. The van der Waals surface area contributed by atoms with Gasteiger partial charge in [0.2, 0.25) is 0 Å². The normalized spacial score (nSPS) is 16.3. The first-order valence-electron chi connectivity index (χ1n) is 8.63. The molecule has 1 aliphatic rings. The fourth-order valence-electron chi connectivity index (χ4n) is 3.20. The lowest BCUT2D eigenvalue weighted by atomic mass is 10.0. The second kappa shape index (κ2) is 7.86. The number of ether oxygens (including phenoxy) is 1. The van der Waals surface area contributed by atoms with Gasteiger partial charge in [0.05, 0.1) is 17.6 Å². The highest BCUT2D eigenvalue weighted by Gasteiger charge is 2.30. The third kappa shape index (κ3) is 3.93. The molecule has 3 rings (SSSR count). The lowest BCUT2D eigenvalue weighted by Gasteiger charge is -2.25. The van der Waals surface area contributed by atoms with Gasteiger partial charge in [0, 0.05) is 24.4 Å². The van der Waals surface area contributed by atoms with Crippen LogP contribution in [0.15, 0.2) is 48.5 Å². The molecule has 1 N–H and O–H groups in total. The molecule has 2 amide bonds. The molecule has 1 unspecified atom stereocenters. The van der Waals surface area contributed by atoms with Crippen molar-refractivity contribution in [2.45, 2.75) is 25.8 Å². The number of nitro groups is 1. The Bertz CT molecular complexity index is 792. The highest BCUT2D eigenvalue weighted by atomic mass is 16.6. The van der Waals surface area contributed by atoms with Gasteiger partial charge < -0.3 is 15.0 Å². The summed E-state index contributed by atoms with van der Waals surface area (Å²) in [5.41, 5.74) is 1.42. The minimum absolute atomic E-state index is 0.00984. The van der Waals surface area contributed by atoms with Gasteiger partial charge in [0.15, 0.2) is 0 Å². The van der Waals surface area contributed by atoms with E-state index in [1.54, 1.807) is 17.0 Å². The molecule has 0 aromatic heterocycles. The molecular formula is C19H21N3O4. The molecule has 0 spiro atoms. The molecule has 26 heavy (non-hydrogen) atoms. The van der Waals surface area contributed by atoms with E-state index < -0.39 is 4.92 Å². The molecule has 0 aliphatic carbocycles. The maximum Gasteiger partial charge on any atom is 0.322 e. The summed E-state index contributed by atoms with van der Waals surface area (Å²) in [5, 5.41) is 13.6. The summed E-state index contributed by atoms with van der Waals surface area (Å²) in [6.45, 7) is 3.20. The standard InChI is InChI=1S/C19H21N3O4/c1-2-26-17-10-8-14(9-11-17)18-7-4-12-21(18)19(23)20-15-5-3-6-16(13-15)22(24)25/h3,5-6,8-11,13,18H,2,4,7,12H2,1H3,(H,20,23). The first-order valence-corrected chi connectivity index (χ1v) is 8.63. The molecule has 0 radical (unpaired) electrons. The topological polar surface area (TPSA) is 84.7 Å². The van der Waals surface area contributed by atoms with Gasteiger partial charge in [0.1, 0.15) is 5.75 Å². The molecule has 136 valence electrons. The van der Waals surface area contributed by atoms with Crippen LogP contribution < -0.4 is 10.1 Å². The third-order valence-corrected chi connectivity index (χ3v) is 4.40. The van der Waals surface area contributed by atoms with Gasteiger partial charge in [-0.2, -0.15) is 0 Å². The van der Waals surface area contributed by atoms with Crippen molar-refractivity contribution in [3.63, 3.8) is 0 Å². The summed E-state index contributed by atoms with van der Waals surface area (Å²) >= 11 is 0. The van der Waals surface area contributed by atoms with Crippen molar-refractivity contribution in [1.82, 2.24) is 4.90 Å². The van der Waals surface area contributed by atoms with Crippen LogP contribution in [0.2, 0.25) is 0 Å². The fourth-order valence-corrected chi connectivity index (χ4v) is 3.20. The van der Waals surface area contributed by atoms with Crippen molar-refractivity contribution >= 4 is 17.4 Å². The number of carbonyl (C=O) groups excluding carboxylic acids is 1. The average Bonchev–Trinajstić information content (AvgIpc) is 3.13. The van der Waals surface area contributed by atoms with Crippen LogP contribution >= 0.6 is 0 Å². The smallest absolute Gasteiger partial charge is 0.322 e. The number of carbonyl (C=O) groups is 1. The highest BCUT2D eigenvalue weighted by molar-refractivity contribution is 5.90. The van der Waals surface area contributed by atoms with Gasteiger partial charge >= 0.3 is 6.03 Å². The van der Waals surface area contributed by atoms with E-state index in [0.717, 1.165) is 24.2 Å². The number of hydrogen-bond donors (Lipinski definition) is 1. The van der Waals surface area contributed by atoms with Gasteiger partial charge in [-0.25, -0.2) is 4.79 Å². The van der Waals surface area contributed by atoms with E-state index >= 15 is 0 Å². The Labute approximate surface area is 151 Å². The molecule has 0 saturated carbocycles. The number of nitro benzene ring substituents is 1. The molecule has 2 aromatic rings. The summed E-state index contributed by atoms with van der Waals surface area (Å²) in [6, 6.07) is 13.5. The van der Waals surface area contributed by atoms with Crippen LogP contribution in [0.3, 0.4) is 0 Å². The summed E-state index contributed by atoms with van der Waals surface area (Å²) < 4.78 is 5.46. The lowest BCUT2D eigenvalue weighted by Crippen LogP contribution is -2.34. The van der Waals surface area contributed by atoms with Crippen molar-refractivity contribution in [3.8, 4) is 5.75 Å². The predicted molar refractivity (Wildman–Crippen MR) is 98.4 cm³/mol. The Morgan fingerprint density at radius 3 is 2.77 bits per heavy atom. The Balaban J connectivity index is 1.72. The van der Waals surface area contributed by atoms with E-state index in [1.165, 1.54) is 12.1 Å². The van der Waals surface area contributed by atoms with Gasteiger partial charge in [-0.15, -0.1) is 0 Å². The number of benzene rings is 2. The van der Waals surface area contributed by atoms with Crippen LogP contribution in [0.25, 0.3) is 0 Å². The predicted octanol–water partition coefficient (Wildman–Crippen LogP) is 4.36. The number of anilines is 1. The van der Waals surface area contributed by atoms with E-state index in [9.17, 15) is 14.9 Å². The molecule has 1 fully saturated rings. The quantitative estimate of drug-likeness (QED) is 0.638. The minimum atomic E-state index is -0.478. The largest absolute Gasteiger partial charge is 0.494 e. The summed E-state index contributed by atoms with van der Waals surface area (Å²) in [4.78, 5) is 24.8. The minimum Gasteiger partial charge on any atom is -0.494 e. The van der Waals surface area contributed by atoms with Gasteiger partial charge in [-0.05, 0) is 43.5 Å². The first kappa shape index (κ1) is 17.7. The average molecular weight is 355 g/mol. The summed E-state index contributed by atoms with van der Waals surface area (Å²) in [7, 11) is 0. The molecule has 1 heterocycles. The van der Waals surface area contributed by atoms with Crippen molar-refractivity contribution < 1.29 is 14.5 Å². The Kier molecular flexibility index (Phi) is 5.36. The zero-order valence-corrected chi connectivity index (χ0v) is 14.6. The van der Waals surface area contributed by atoms with Gasteiger partial charge in [-0.3, -0.25) is 10.1 Å². The van der Waals surface area contributed by atoms with E-state index in [0.29, 0.717) is 18.8 Å². The molecular weight excluding hydrogens is 334 g/mol. The summed E-state index contributed by atoms with van der Waals surface area (Å²) in [5.74, 6) is 0.807. The second-order valence-corrected chi connectivity index (χ2v) is 6.09. The van der Waals surface area contributed by atoms with Crippen LogP contribution in [0.4, 0.5) is 16.2 Å². The van der Waals surface area contributed by atoms with Crippen molar-refractivity contribution in [1.29, 1.82) is 0 Å². The van der Waals surface area contributed by atoms with Gasteiger partial charge in [0.25, 0.3) is 5.69 Å². The van der Waals surface area contributed by atoms with Crippen LogP contribution in [0, 0.1) is 10.1 Å². The number of nitrogens with one attached hydrogen (secondary N) is 1. The maximum atomic E-state index is 12.7. The second-order valence-electron chi connectivity index (χ2n) is 6.09. The highest BCUT2D eigenvalue weighted by Crippen LogP contribution is 2.33. The van der Waals surface area contributed by atoms with Crippen molar-refractivity contribution in [2.75, 3.05) is 18.5 Å². The molecule has 1 saturated heterocycles. The lowest BCUT2D eigenvalue weighted by molar-refractivity contribution is -0.384. The van der Waals surface area contributed by atoms with E-state index in [-0.39, 0.29) is 17.8 Å². The number of hydrogen-bond acceptors (Lipinski definition) is 4. The number of urea groups is 1. The zero-order valence-electron chi connectivity index (χ0n) is 14.6. The van der Waals surface area contributed by atoms with Crippen molar-refractivity contribution in [2.24, 2.45) is 0 Å². The van der Waals surface area contributed by atoms with Crippen LogP contribution in [0.1, 0.15) is 31.4 Å². The Morgan fingerprint density at radius 1 is 1.31 bits per heavy atom. The van der Waals surface area contributed by atoms with Crippen molar-refractivity contribution in [3.05, 3.63) is 64.2 Å². The maximum absolute atomic E-state index is 12.7. The SMILES string of the molecule is CCOc1ccc(C2CCCN2C(=O)Nc2cccc([N+](=O)[O-])c2)cc1. The molecule has 2 aromatic carbocycles. The third-order valence-electron chi connectivity index (χ3n) is 4.40. The van der Waals surface area contributed by atoms with E-state index in [4.69, 9.17) is 4.74 Å². The first-order chi connectivity index (χ1) is 12.6. The Morgan fingerprint density at radius 2 is 2.08 bits per heavy atom. The molecule has 7 heteroatoms. The van der Waals surface area contributed by atoms with Crippen LogP contribution in [0.5, 0.6) is 5.75 Å². The molecule has 0 bridgehead atoms. The van der Waals surface area contributed by atoms with E-state index in [2.05, 4.69) is 5.32 Å². The number of amides is 2. The number of non-ortho nitro benzene ring substituents is 1. The van der Waals surface area contributed by atoms with E-state index in [1.807, 2.05) is 31.2 Å². The van der Waals surface area contributed by atoms with Gasteiger partial charge in [-0.1, -0.05) is 18.2 Å². The molecule has 7 nitrogen and oxygen atoms in total. The molecule has 1 aliphatic heterocycles.